The fourth-order valence-electron chi connectivity index (χ4n) is 4.01. The molecule has 0 spiro atoms. The van der Waals surface area contributed by atoms with Crippen molar-refractivity contribution in [3.8, 4) is 5.75 Å². The Morgan fingerprint density at radius 3 is 2.59 bits per heavy atom. The number of benzene rings is 2. The van der Waals surface area contributed by atoms with Crippen LogP contribution < -0.4 is 20.9 Å². The van der Waals surface area contributed by atoms with E-state index in [9.17, 15) is 14.4 Å². The molecule has 0 fully saturated rings. The van der Waals surface area contributed by atoms with Crippen molar-refractivity contribution in [2.45, 2.75) is 52.3 Å². The van der Waals surface area contributed by atoms with Crippen molar-refractivity contribution < 1.29 is 24.0 Å². The molecule has 1 aliphatic heterocycles. The van der Waals surface area contributed by atoms with Crippen molar-refractivity contribution in [3.05, 3.63) is 65.2 Å². The minimum absolute atomic E-state index is 0.0269. The van der Waals surface area contributed by atoms with E-state index in [1.165, 1.54) is 0 Å². The summed E-state index contributed by atoms with van der Waals surface area (Å²) in [6, 6.07) is 14.4. The lowest BCUT2D eigenvalue weighted by Gasteiger charge is -2.22. The second-order valence-corrected chi connectivity index (χ2v) is 8.95. The zero-order valence-corrected chi connectivity index (χ0v) is 19.9. The first-order chi connectivity index (χ1) is 16.4. The van der Waals surface area contributed by atoms with Gasteiger partial charge in [-0.2, -0.15) is 0 Å². The van der Waals surface area contributed by atoms with Gasteiger partial charge in [0.05, 0.1) is 13.7 Å². The van der Waals surface area contributed by atoms with E-state index >= 15 is 0 Å². The molecule has 0 saturated carbocycles. The number of ether oxygens (including phenoxy) is 1. The van der Waals surface area contributed by atoms with E-state index in [1.807, 2.05) is 62.4 Å². The molecule has 8 nitrogen and oxygen atoms in total. The molecule has 2 aromatic carbocycles. The summed E-state index contributed by atoms with van der Waals surface area (Å²) in [7, 11) is 1.60. The van der Waals surface area contributed by atoms with Gasteiger partial charge in [0.15, 0.2) is 0 Å². The van der Waals surface area contributed by atoms with Gasteiger partial charge in [0.25, 0.3) is 0 Å². The van der Waals surface area contributed by atoms with Crippen LogP contribution in [-0.4, -0.2) is 30.9 Å². The van der Waals surface area contributed by atoms with Gasteiger partial charge >= 0.3 is 0 Å². The maximum absolute atomic E-state index is 13.1. The molecular weight excluding hydrogens is 434 g/mol. The van der Waals surface area contributed by atoms with Crippen LogP contribution in [0.3, 0.4) is 0 Å². The third-order valence-electron chi connectivity index (χ3n) is 5.75. The molecule has 0 aliphatic carbocycles. The Morgan fingerprint density at radius 1 is 1.12 bits per heavy atom. The number of amides is 3. The maximum atomic E-state index is 13.1. The number of hydroxylamine groups is 1. The Balaban J connectivity index is 1.59. The number of carbonyl (C=O) groups excluding carboxylic acids is 3. The molecule has 1 unspecified atom stereocenters. The largest absolute Gasteiger partial charge is 0.497 e. The van der Waals surface area contributed by atoms with Crippen LogP contribution in [0.2, 0.25) is 0 Å². The lowest BCUT2D eigenvalue weighted by atomic mass is 9.92. The maximum Gasteiger partial charge on any atom is 0.244 e. The van der Waals surface area contributed by atoms with E-state index in [1.54, 1.807) is 7.11 Å². The Hall–Kier alpha value is -3.39. The highest BCUT2D eigenvalue weighted by Gasteiger charge is 2.30. The van der Waals surface area contributed by atoms with Crippen LogP contribution in [0.15, 0.2) is 48.5 Å². The summed E-state index contributed by atoms with van der Waals surface area (Å²) in [6.45, 7) is 4.59. The van der Waals surface area contributed by atoms with Crippen LogP contribution in [0.1, 0.15) is 43.4 Å². The molecular formula is C26H33N3O5. The molecule has 182 valence electrons. The number of carbonyl (C=O) groups is 3. The third-order valence-corrected chi connectivity index (χ3v) is 5.75. The molecule has 3 amide bonds. The van der Waals surface area contributed by atoms with E-state index in [0.29, 0.717) is 25.1 Å². The van der Waals surface area contributed by atoms with Gasteiger partial charge in [0.2, 0.25) is 17.7 Å². The molecule has 2 atom stereocenters. The average Bonchev–Trinajstić information content (AvgIpc) is 2.97. The molecule has 1 aliphatic rings. The molecule has 34 heavy (non-hydrogen) atoms. The summed E-state index contributed by atoms with van der Waals surface area (Å²) in [4.78, 5) is 43.5. The Bertz CT molecular complexity index is 993. The summed E-state index contributed by atoms with van der Waals surface area (Å²) in [5, 5.41) is 5.73. The first-order valence-corrected chi connectivity index (χ1v) is 11.5. The minimum Gasteiger partial charge on any atom is -0.497 e. The van der Waals surface area contributed by atoms with Gasteiger partial charge in [-0.1, -0.05) is 50.2 Å². The lowest BCUT2D eigenvalue weighted by molar-refractivity contribution is -0.139. The van der Waals surface area contributed by atoms with Gasteiger partial charge in [-0.05, 0) is 41.2 Å². The number of nitrogens with one attached hydrogen (secondary N) is 3. The van der Waals surface area contributed by atoms with Crippen LogP contribution >= 0.6 is 0 Å². The highest BCUT2D eigenvalue weighted by molar-refractivity contribution is 5.91. The summed E-state index contributed by atoms with van der Waals surface area (Å²) in [5.74, 6) is -0.601. The molecule has 0 saturated heterocycles. The fraction of sp³-hybridized carbons (Fsp3) is 0.423. The Kier molecular flexibility index (Phi) is 9.04. The standard InChI is InChI=1S/C26H33N3O5/c1-17(2)11-20(14-24(30)29-34-16-18-7-5-4-6-8-18)25(31)28-23-13-19-9-10-22(33-3)12-21(19)15-27-26(23)32/h4-10,12,17,20,23H,11,13-16H2,1-3H3,(H,27,32)(H,28,31)(H,29,30)/t20?,23-/m0/s1. The van der Waals surface area contributed by atoms with E-state index in [0.717, 1.165) is 16.7 Å². The van der Waals surface area contributed by atoms with Crippen molar-refractivity contribution in [1.29, 1.82) is 0 Å². The van der Waals surface area contributed by atoms with Gasteiger partial charge < -0.3 is 15.4 Å². The number of rotatable bonds is 10. The summed E-state index contributed by atoms with van der Waals surface area (Å²) >= 11 is 0. The zero-order valence-electron chi connectivity index (χ0n) is 19.9. The highest BCUT2D eigenvalue weighted by atomic mass is 16.6. The second-order valence-electron chi connectivity index (χ2n) is 8.95. The lowest BCUT2D eigenvalue weighted by Crippen LogP contribution is -2.49. The normalized spacial score (nSPS) is 16.1. The zero-order chi connectivity index (χ0) is 24.5. The minimum atomic E-state index is -0.714. The number of hydrogen-bond acceptors (Lipinski definition) is 5. The Morgan fingerprint density at radius 2 is 1.88 bits per heavy atom. The van der Waals surface area contributed by atoms with Crippen LogP contribution in [0.5, 0.6) is 5.75 Å². The van der Waals surface area contributed by atoms with Gasteiger partial charge in [-0.25, -0.2) is 5.48 Å². The number of hydrogen-bond donors (Lipinski definition) is 3. The highest BCUT2D eigenvalue weighted by Crippen LogP contribution is 2.22. The van der Waals surface area contributed by atoms with Gasteiger partial charge in [0.1, 0.15) is 11.8 Å². The molecule has 0 aromatic heterocycles. The molecule has 8 heteroatoms. The van der Waals surface area contributed by atoms with Crippen molar-refractivity contribution in [3.63, 3.8) is 0 Å². The van der Waals surface area contributed by atoms with Crippen molar-refractivity contribution in [2.24, 2.45) is 11.8 Å². The molecule has 0 radical (unpaired) electrons. The Labute approximate surface area is 200 Å². The van der Waals surface area contributed by atoms with E-state index in [2.05, 4.69) is 16.1 Å². The first kappa shape index (κ1) is 25.2. The predicted octanol–water partition coefficient (Wildman–Crippen LogP) is 2.65. The van der Waals surface area contributed by atoms with Gasteiger partial charge in [-0.3, -0.25) is 19.2 Å². The van der Waals surface area contributed by atoms with Crippen molar-refractivity contribution >= 4 is 17.7 Å². The molecule has 3 N–H and O–H groups in total. The monoisotopic (exact) mass is 467 g/mol. The van der Waals surface area contributed by atoms with Crippen LogP contribution in [0.4, 0.5) is 0 Å². The summed E-state index contributed by atoms with van der Waals surface area (Å²) < 4.78 is 5.27. The fourth-order valence-corrected chi connectivity index (χ4v) is 4.01. The molecule has 0 bridgehead atoms. The molecule has 1 heterocycles. The van der Waals surface area contributed by atoms with E-state index < -0.39 is 12.0 Å². The predicted molar refractivity (Wildman–Crippen MR) is 127 cm³/mol. The topological polar surface area (TPSA) is 106 Å². The van der Waals surface area contributed by atoms with E-state index in [-0.39, 0.29) is 36.7 Å². The summed E-state index contributed by atoms with van der Waals surface area (Å²) in [6.07, 6.45) is 0.860. The van der Waals surface area contributed by atoms with Crippen molar-refractivity contribution in [1.82, 2.24) is 16.1 Å². The smallest absolute Gasteiger partial charge is 0.244 e. The van der Waals surface area contributed by atoms with Crippen LogP contribution in [0, 0.1) is 11.8 Å². The second kappa shape index (κ2) is 12.2. The van der Waals surface area contributed by atoms with E-state index in [4.69, 9.17) is 9.57 Å². The number of fused-ring (bicyclic) bond motifs is 1. The van der Waals surface area contributed by atoms with Crippen LogP contribution in [-0.2, 0) is 38.8 Å². The third kappa shape index (κ3) is 7.31. The quantitative estimate of drug-likeness (QED) is 0.466. The first-order valence-electron chi connectivity index (χ1n) is 11.5. The average molecular weight is 468 g/mol. The molecule has 3 rings (SSSR count). The van der Waals surface area contributed by atoms with Crippen molar-refractivity contribution in [2.75, 3.05) is 7.11 Å². The summed E-state index contributed by atoms with van der Waals surface area (Å²) in [5.41, 5.74) is 5.28. The molecule has 2 aromatic rings. The van der Waals surface area contributed by atoms with Crippen LogP contribution in [0.25, 0.3) is 0 Å². The SMILES string of the molecule is COc1ccc2c(c1)CNC(=O)[C@@H](NC(=O)C(CC(=O)NOCc1ccccc1)CC(C)C)C2. The number of methoxy groups -OCH3 is 1. The van der Waals surface area contributed by atoms with Gasteiger partial charge in [-0.15, -0.1) is 0 Å². The van der Waals surface area contributed by atoms with Gasteiger partial charge in [0, 0.05) is 25.3 Å².